The number of para-hydroxylation sites is 1. The lowest BCUT2D eigenvalue weighted by Gasteiger charge is -2.32. The lowest BCUT2D eigenvalue weighted by molar-refractivity contribution is -0.146. The van der Waals surface area contributed by atoms with E-state index >= 15 is 4.11 Å². The molecule has 0 radical (unpaired) electrons. The third-order valence-electron chi connectivity index (χ3n) is 11.5. The number of halogens is 1. The summed E-state index contributed by atoms with van der Waals surface area (Å²) in [7, 11) is -2.10. The van der Waals surface area contributed by atoms with E-state index in [9.17, 15) is 19.5 Å². The number of aromatic nitrogens is 3. The van der Waals surface area contributed by atoms with Crippen LogP contribution in [-0.2, 0) is 42.4 Å². The van der Waals surface area contributed by atoms with Crippen LogP contribution in [0.2, 0.25) is 18.6 Å². The lowest BCUT2D eigenvalue weighted by Crippen LogP contribution is -2.45. The largest absolute Gasteiger partial charge is 0.469 e. The number of hydrogen-bond donors (Lipinski definition) is 1. The van der Waals surface area contributed by atoms with Crippen LogP contribution < -0.4 is 9.80 Å². The molecule has 11 nitrogen and oxygen atoms in total. The van der Waals surface area contributed by atoms with Gasteiger partial charge in [0.2, 0.25) is 14.3 Å². The highest BCUT2D eigenvalue weighted by Gasteiger charge is 2.66. The summed E-state index contributed by atoms with van der Waals surface area (Å²) in [6, 6.07) is 23.1. The molecule has 284 valence electrons. The Morgan fingerprint density at radius 1 is 1.04 bits per heavy atom. The number of carbonyl (C=O) groups excluding carboxylic acids is 3. The highest BCUT2D eigenvalue weighted by atomic mass is 28.4. The summed E-state index contributed by atoms with van der Waals surface area (Å²) in [4.78, 5) is 43.8. The molecule has 54 heavy (non-hydrogen) atoms. The molecular formula is C41H48FN5O6Si. The minimum Gasteiger partial charge on any atom is -0.469 e. The van der Waals surface area contributed by atoms with Crippen LogP contribution in [0.5, 0.6) is 0 Å². The van der Waals surface area contributed by atoms with Crippen molar-refractivity contribution in [2.75, 3.05) is 30.1 Å². The van der Waals surface area contributed by atoms with Crippen LogP contribution in [0, 0.1) is 5.92 Å². The molecule has 1 saturated heterocycles. The average Bonchev–Trinajstić information content (AvgIpc) is 3.82. The maximum Gasteiger partial charge on any atom is 0.305 e. The van der Waals surface area contributed by atoms with E-state index in [2.05, 4.69) is 10.3 Å². The van der Waals surface area contributed by atoms with Crippen molar-refractivity contribution in [1.82, 2.24) is 15.0 Å². The Morgan fingerprint density at radius 2 is 1.80 bits per heavy atom. The zero-order valence-electron chi connectivity index (χ0n) is 31.3. The molecule has 1 fully saturated rings. The van der Waals surface area contributed by atoms with E-state index in [1.165, 1.54) is 7.11 Å². The monoisotopic (exact) mass is 753 g/mol. The molecule has 1 aromatic heterocycles. The second kappa shape index (κ2) is 15.2. The predicted molar refractivity (Wildman–Crippen MR) is 205 cm³/mol. The van der Waals surface area contributed by atoms with Crippen molar-refractivity contribution in [2.45, 2.75) is 88.3 Å². The van der Waals surface area contributed by atoms with Crippen LogP contribution in [0.1, 0.15) is 67.3 Å². The van der Waals surface area contributed by atoms with Crippen molar-refractivity contribution >= 4 is 43.3 Å². The molecule has 1 spiro atoms. The van der Waals surface area contributed by atoms with Crippen molar-refractivity contribution in [3.63, 3.8) is 0 Å². The first-order valence-corrected chi connectivity index (χ1v) is 21.8. The van der Waals surface area contributed by atoms with Crippen LogP contribution in [0.3, 0.4) is 0 Å². The summed E-state index contributed by atoms with van der Waals surface area (Å²) in [5.74, 6) is -1.47. The molecule has 1 N–H and O–H groups in total. The molecule has 4 heterocycles. The molecule has 3 aliphatic rings. The topological polar surface area (TPSA) is 127 Å². The zero-order valence-corrected chi connectivity index (χ0v) is 32.3. The third-order valence-corrected chi connectivity index (χ3v) is 13.9. The van der Waals surface area contributed by atoms with E-state index in [0.717, 1.165) is 16.8 Å². The van der Waals surface area contributed by atoms with Crippen LogP contribution in [0.4, 0.5) is 21.2 Å². The van der Waals surface area contributed by atoms with Crippen LogP contribution in [0.25, 0.3) is 0 Å². The van der Waals surface area contributed by atoms with Gasteiger partial charge in [-0.1, -0.05) is 60.7 Å². The Kier molecular flexibility index (Phi) is 10.6. The summed E-state index contributed by atoms with van der Waals surface area (Å²) >= 11 is 0. The number of rotatable bonds is 13. The number of unbranched alkanes of at least 4 members (excludes halogenated alkanes) is 1. The number of fused-ring (bicyclic) bond motifs is 3. The predicted octanol–water partition coefficient (Wildman–Crippen LogP) is 6.57. The van der Waals surface area contributed by atoms with Gasteiger partial charge in [-0.3, -0.25) is 24.0 Å². The normalized spacial score (nSPS) is 22.8. The number of esters is 1. The van der Waals surface area contributed by atoms with Gasteiger partial charge in [-0.05, 0) is 74.2 Å². The number of aryl methyl sites for hydroxylation is 2. The number of aliphatic hydroxyl groups excluding tert-OH is 1. The second-order valence-corrected chi connectivity index (χ2v) is 19.0. The lowest BCUT2D eigenvalue weighted by atomic mass is 9.82. The first kappa shape index (κ1) is 37.6. The van der Waals surface area contributed by atoms with E-state index < -0.39 is 31.6 Å². The maximum absolute atomic E-state index is 16.6. The molecular weight excluding hydrogens is 706 g/mol. The summed E-state index contributed by atoms with van der Waals surface area (Å²) in [6.07, 6.45) is 3.90. The Bertz CT molecular complexity index is 2020. The van der Waals surface area contributed by atoms with Gasteiger partial charge in [0.15, 0.2) is 5.60 Å². The van der Waals surface area contributed by atoms with Gasteiger partial charge < -0.3 is 23.6 Å². The van der Waals surface area contributed by atoms with Gasteiger partial charge in [0.1, 0.15) is 0 Å². The number of nitrogens with zero attached hydrogens (tertiary/aromatic N) is 5. The van der Waals surface area contributed by atoms with E-state index in [1.807, 2.05) is 79.7 Å². The van der Waals surface area contributed by atoms with Crippen molar-refractivity contribution in [1.29, 1.82) is 0 Å². The summed E-state index contributed by atoms with van der Waals surface area (Å²) in [6.45, 7) is 5.85. The maximum atomic E-state index is 16.6. The number of anilines is 3. The third kappa shape index (κ3) is 6.77. The molecule has 7 rings (SSSR count). The average molecular weight is 754 g/mol. The van der Waals surface area contributed by atoms with Crippen LogP contribution >= 0.6 is 0 Å². The Labute approximate surface area is 316 Å². The van der Waals surface area contributed by atoms with Gasteiger partial charge in [-0.2, -0.15) is 0 Å². The fourth-order valence-electron chi connectivity index (χ4n) is 8.92. The molecule has 13 heteroatoms. The molecule has 4 aromatic rings. The van der Waals surface area contributed by atoms with E-state index in [-0.39, 0.29) is 36.7 Å². The van der Waals surface area contributed by atoms with E-state index in [4.69, 9.17) is 9.47 Å². The molecule has 1 unspecified atom stereocenters. The summed E-state index contributed by atoms with van der Waals surface area (Å²) < 4.78 is 30.2. The fourth-order valence-corrected chi connectivity index (χ4v) is 11.5. The Hall–Kier alpha value is -4.72. The Balaban J connectivity index is 1.23. The minimum atomic E-state index is -3.46. The SMILES string of the molecule is COC(=O)CCCCN1C(=O)[C@]2(O[C@H](CCn3cc(C(CO)c4ccccc4)nn3)[C@@H]([Si](C)(C)F)[C@@H]2C)c2cc(N3C(=O)CCc4ccccc43)ccc21. The van der Waals surface area contributed by atoms with Crippen LogP contribution in [0.15, 0.2) is 79.0 Å². The molecule has 3 aliphatic heterocycles. The number of benzene rings is 3. The van der Waals surface area contributed by atoms with Gasteiger partial charge in [0.25, 0.3) is 5.91 Å². The van der Waals surface area contributed by atoms with Gasteiger partial charge in [0.05, 0.1) is 42.8 Å². The van der Waals surface area contributed by atoms with Gasteiger partial charge in [0, 0.05) is 54.8 Å². The minimum absolute atomic E-state index is 0.0389. The number of ether oxygens (including phenoxy) is 2. The first-order chi connectivity index (χ1) is 26.0. The van der Waals surface area contributed by atoms with Crippen molar-refractivity contribution in [3.05, 3.63) is 101 Å². The molecule has 5 atom stereocenters. The molecule has 0 bridgehead atoms. The molecule has 0 aliphatic carbocycles. The molecule has 2 amide bonds. The zero-order chi connectivity index (χ0) is 38.2. The summed E-state index contributed by atoms with van der Waals surface area (Å²) in [5.41, 5.74) is 3.33. The van der Waals surface area contributed by atoms with Crippen molar-refractivity contribution in [2.24, 2.45) is 5.92 Å². The van der Waals surface area contributed by atoms with Crippen LogP contribution in [-0.4, -0.2) is 72.7 Å². The fraction of sp³-hybridized carbons (Fsp3) is 0.439. The number of amides is 2. The van der Waals surface area contributed by atoms with Gasteiger partial charge >= 0.3 is 5.97 Å². The number of aliphatic hydroxyl groups is 1. The van der Waals surface area contributed by atoms with Crippen molar-refractivity contribution < 1.29 is 33.1 Å². The number of carbonyl (C=O) groups is 3. The highest BCUT2D eigenvalue weighted by molar-refractivity contribution is 6.72. The molecule has 0 saturated carbocycles. The van der Waals surface area contributed by atoms with E-state index in [1.54, 1.807) is 33.8 Å². The van der Waals surface area contributed by atoms with Gasteiger partial charge in [-0.25, -0.2) is 0 Å². The van der Waals surface area contributed by atoms with Crippen molar-refractivity contribution in [3.8, 4) is 0 Å². The molecule has 3 aromatic carbocycles. The first-order valence-electron chi connectivity index (χ1n) is 18.8. The Morgan fingerprint density at radius 3 is 2.54 bits per heavy atom. The summed E-state index contributed by atoms with van der Waals surface area (Å²) in [5, 5.41) is 18.9. The highest BCUT2D eigenvalue weighted by Crippen LogP contribution is 2.61. The number of methoxy groups -OCH3 is 1. The van der Waals surface area contributed by atoms with Gasteiger partial charge in [-0.15, -0.1) is 5.10 Å². The quantitative estimate of drug-likeness (QED) is 0.0704. The second-order valence-electron chi connectivity index (χ2n) is 15.2. The standard InChI is InChI=1S/C41H48FN5O6Si/c1-27-39(54(3,4)42)36(21-23-45-25-33(43-44-45)31(26-48)28-12-6-5-7-13-28)53-41(27)32-24-30(47-34-15-9-8-14-29(34)17-20-37(47)49)18-19-35(32)46(40(41)51)22-11-10-16-38(50)52-2/h5-9,12-15,18-19,24-25,27,31,36,39,48H,10-11,16-17,20-23,26H2,1-4H3/t27-,31?,36+,39-,41+/m0/s1. The van der Waals surface area contributed by atoms with E-state index in [0.29, 0.717) is 67.8 Å². The number of hydrogen-bond acceptors (Lipinski definition) is 8. The smallest absolute Gasteiger partial charge is 0.305 e.